The van der Waals surface area contributed by atoms with E-state index in [1.54, 1.807) is 0 Å². The fraction of sp³-hybridized carbons (Fsp3) is 0.182. The van der Waals surface area contributed by atoms with E-state index in [-0.39, 0.29) is 11.8 Å². The van der Waals surface area contributed by atoms with Crippen LogP contribution in [0.4, 0.5) is 13.2 Å². The van der Waals surface area contributed by atoms with E-state index in [1.807, 2.05) is 0 Å². The summed E-state index contributed by atoms with van der Waals surface area (Å²) in [6, 6.07) is 2.76. The first-order valence-electron chi connectivity index (χ1n) is 4.61. The molecule has 1 rings (SSSR count). The lowest BCUT2D eigenvalue weighted by Crippen LogP contribution is -2.13. The summed E-state index contributed by atoms with van der Waals surface area (Å²) in [6.45, 7) is 0. The van der Waals surface area contributed by atoms with E-state index >= 15 is 0 Å². The first-order chi connectivity index (χ1) is 8.31. The predicted octanol–water partition coefficient (Wildman–Crippen LogP) is 2.02. The molecule has 0 aliphatic carbocycles. The second-order valence-corrected chi connectivity index (χ2v) is 3.35. The van der Waals surface area contributed by atoms with Crippen molar-refractivity contribution in [1.82, 2.24) is 0 Å². The zero-order valence-corrected chi connectivity index (χ0v) is 8.78. The van der Waals surface area contributed by atoms with Crippen LogP contribution in [0.15, 0.2) is 12.1 Å². The average molecular weight is 257 g/mol. The minimum Gasteiger partial charge on any atom is -0.481 e. The van der Waals surface area contributed by atoms with Gasteiger partial charge in [0.05, 0.1) is 17.5 Å². The molecule has 1 aromatic carbocycles. The monoisotopic (exact) mass is 257 g/mol. The van der Waals surface area contributed by atoms with Gasteiger partial charge < -0.3 is 5.11 Å². The maximum atomic E-state index is 12.6. The zero-order valence-electron chi connectivity index (χ0n) is 8.78. The molecule has 0 saturated heterocycles. The Morgan fingerprint density at radius 1 is 1.44 bits per heavy atom. The molecule has 0 aliphatic heterocycles. The molecule has 4 nitrogen and oxygen atoms in total. The van der Waals surface area contributed by atoms with Gasteiger partial charge in [-0.15, -0.1) is 0 Å². The summed E-state index contributed by atoms with van der Waals surface area (Å²) in [7, 11) is 0. The average Bonchev–Trinajstić information content (AvgIpc) is 2.26. The van der Waals surface area contributed by atoms with Gasteiger partial charge in [-0.05, 0) is 11.6 Å². The highest BCUT2D eigenvalue weighted by Crippen LogP contribution is 2.34. The fourth-order valence-electron chi connectivity index (χ4n) is 1.48. The van der Waals surface area contributed by atoms with E-state index in [4.69, 9.17) is 10.4 Å². The van der Waals surface area contributed by atoms with Gasteiger partial charge in [-0.2, -0.15) is 18.4 Å². The van der Waals surface area contributed by atoms with E-state index in [0.29, 0.717) is 6.07 Å². The van der Waals surface area contributed by atoms with Gasteiger partial charge in [-0.25, -0.2) is 0 Å². The molecular weight excluding hydrogens is 251 g/mol. The van der Waals surface area contributed by atoms with Crippen LogP contribution in [-0.4, -0.2) is 17.4 Å². The van der Waals surface area contributed by atoms with Gasteiger partial charge >= 0.3 is 12.1 Å². The Morgan fingerprint density at radius 3 is 2.44 bits per heavy atom. The van der Waals surface area contributed by atoms with Crippen LogP contribution < -0.4 is 0 Å². The van der Waals surface area contributed by atoms with Crippen molar-refractivity contribution in [3.05, 3.63) is 34.4 Å². The Bertz CT molecular complexity index is 544. The van der Waals surface area contributed by atoms with Gasteiger partial charge in [0.15, 0.2) is 0 Å². The number of benzene rings is 1. The number of nitrogens with zero attached hydrogens (tertiary/aromatic N) is 1. The lowest BCUT2D eigenvalue weighted by atomic mass is 9.94. The summed E-state index contributed by atoms with van der Waals surface area (Å²) in [5.74, 6) is -1.42. The van der Waals surface area contributed by atoms with Gasteiger partial charge in [0.1, 0.15) is 12.4 Å². The molecule has 1 N–H and O–H groups in total. The fourth-order valence-corrected chi connectivity index (χ4v) is 1.48. The number of alkyl halides is 3. The van der Waals surface area contributed by atoms with Crippen molar-refractivity contribution in [3.8, 4) is 6.07 Å². The molecule has 0 saturated carbocycles. The SMILES string of the molecule is N#Cc1c(C(F)(F)F)ccc(C=O)c1CC(=O)O. The molecule has 0 bridgehead atoms. The lowest BCUT2D eigenvalue weighted by Gasteiger charge is -2.12. The second kappa shape index (κ2) is 4.87. The number of carbonyl (C=O) groups excluding carboxylic acids is 1. The highest BCUT2D eigenvalue weighted by atomic mass is 19.4. The van der Waals surface area contributed by atoms with Crippen molar-refractivity contribution in [2.45, 2.75) is 12.6 Å². The van der Waals surface area contributed by atoms with Crippen molar-refractivity contribution >= 4 is 12.3 Å². The number of carboxylic acids is 1. The summed E-state index contributed by atoms with van der Waals surface area (Å²) in [5.41, 5.74) is -2.72. The first-order valence-corrected chi connectivity index (χ1v) is 4.61. The Morgan fingerprint density at radius 2 is 2.06 bits per heavy atom. The molecule has 0 aliphatic rings. The Hall–Kier alpha value is -2.36. The van der Waals surface area contributed by atoms with Gasteiger partial charge in [-0.1, -0.05) is 6.07 Å². The maximum absolute atomic E-state index is 12.6. The van der Waals surface area contributed by atoms with Crippen LogP contribution in [0.3, 0.4) is 0 Å². The van der Waals surface area contributed by atoms with Crippen molar-refractivity contribution in [2.75, 3.05) is 0 Å². The van der Waals surface area contributed by atoms with E-state index in [0.717, 1.165) is 6.07 Å². The number of rotatable bonds is 3. The molecular formula is C11H6F3NO3. The van der Waals surface area contributed by atoms with Crippen LogP contribution in [-0.2, 0) is 17.4 Å². The second-order valence-electron chi connectivity index (χ2n) is 3.35. The minimum atomic E-state index is -4.78. The van der Waals surface area contributed by atoms with Crippen molar-refractivity contribution in [3.63, 3.8) is 0 Å². The van der Waals surface area contributed by atoms with Gasteiger partial charge in [0.25, 0.3) is 0 Å². The molecule has 1 aromatic rings. The van der Waals surface area contributed by atoms with E-state index < -0.39 is 35.3 Å². The molecule has 0 fully saturated rings. The normalized spacial score (nSPS) is 10.8. The molecule has 0 radical (unpaired) electrons. The van der Waals surface area contributed by atoms with Crippen LogP contribution >= 0.6 is 0 Å². The van der Waals surface area contributed by atoms with E-state index in [9.17, 15) is 22.8 Å². The van der Waals surface area contributed by atoms with Crippen LogP contribution in [0.5, 0.6) is 0 Å². The molecule has 7 heteroatoms. The number of halogens is 3. The third-order valence-electron chi connectivity index (χ3n) is 2.22. The van der Waals surface area contributed by atoms with Crippen molar-refractivity contribution in [2.24, 2.45) is 0 Å². The highest BCUT2D eigenvalue weighted by Gasteiger charge is 2.35. The quantitative estimate of drug-likeness (QED) is 0.840. The first kappa shape index (κ1) is 13.7. The maximum Gasteiger partial charge on any atom is 0.417 e. The van der Waals surface area contributed by atoms with Crippen LogP contribution in [0.25, 0.3) is 0 Å². The number of carbonyl (C=O) groups is 2. The summed E-state index contributed by atoms with van der Waals surface area (Å²) in [4.78, 5) is 21.2. The van der Waals surface area contributed by atoms with Crippen LogP contribution in [0.2, 0.25) is 0 Å². The Kier molecular flexibility index (Phi) is 3.71. The third-order valence-corrected chi connectivity index (χ3v) is 2.22. The third kappa shape index (κ3) is 2.66. The molecule has 0 atom stereocenters. The van der Waals surface area contributed by atoms with E-state index in [1.165, 1.54) is 6.07 Å². The number of carboxylic acid groups (broad SMARTS) is 1. The van der Waals surface area contributed by atoms with E-state index in [2.05, 4.69) is 0 Å². The molecule has 0 aromatic heterocycles. The smallest absolute Gasteiger partial charge is 0.417 e. The number of aldehydes is 1. The van der Waals surface area contributed by atoms with Gasteiger partial charge in [0, 0.05) is 5.56 Å². The molecule has 94 valence electrons. The topological polar surface area (TPSA) is 78.2 Å². The summed E-state index contributed by atoms with van der Waals surface area (Å²) >= 11 is 0. The molecule has 0 spiro atoms. The van der Waals surface area contributed by atoms with Gasteiger partial charge in [-0.3, -0.25) is 9.59 Å². The number of hydrogen-bond acceptors (Lipinski definition) is 3. The van der Waals surface area contributed by atoms with Crippen molar-refractivity contribution < 1.29 is 27.9 Å². The Balaban J connectivity index is 3.58. The van der Waals surface area contributed by atoms with Crippen LogP contribution in [0, 0.1) is 11.3 Å². The number of nitriles is 1. The molecule has 0 unspecified atom stereocenters. The van der Waals surface area contributed by atoms with Gasteiger partial charge in [0.2, 0.25) is 0 Å². The largest absolute Gasteiger partial charge is 0.481 e. The summed E-state index contributed by atoms with van der Waals surface area (Å²) < 4.78 is 37.8. The lowest BCUT2D eigenvalue weighted by molar-refractivity contribution is -0.139. The number of hydrogen-bond donors (Lipinski definition) is 1. The van der Waals surface area contributed by atoms with Crippen LogP contribution in [0.1, 0.15) is 27.0 Å². The Labute approximate surface area is 99.3 Å². The highest BCUT2D eigenvalue weighted by molar-refractivity contribution is 5.83. The predicted molar refractivity (Wildman–Crippen MR) is 52.9 cm³/mol. The zero-order chi connectivity index (χ0) is 13.9. The molecule has 18 heavy (non-hydrogen) atoms. The van der Waals surface area contributed by atoms with Crippen molar-refractivity contribution in [1.29, 1.82) is 5.26 Å². The summed E-state index contributed by atoms with van der Waals surface area (Å²) in [5, 5.41) is 17.3. The summed E-state index contributed by atoms with van der Waals surface area (Å²) in [6.07, 6.45) is -5.38. The molecule has 0 heterocycles. The number of aliphatic carboxylic acids is 1. The standard InChI is InChI=1S/C11H6F3NO3/c12-11(13,14)9-2-1-6(5-16)7(3-10(17)18)8(9)4-15/h1-2,5H,3H2,(H,17,18). The minimum absolute atomic E-state index is 0.221. The molecule has 0 amide bonds.